The maximum Gasteiger partial charge on any atom is 0.243 e. The summed E-state index contributed by atoms with van der Waals surface area (Å²) in [5.41, 5.74) is 1.78. The van der Waals surface area contributed by atoms with E-state index in [1.807, 2.05) is 56.3 Å². The SMILES string of the molecule is CC[C@H](C)NC(=O)[C@H](Cc1ccccc1)N(Cc1ccc(Cl)cc1)C(=O)CCCN(C)S(=O)(=O)c1ccccc1. The molecule has 0 saturated heterocycles. The second-order valence-electron chi connectivity index (χ2n) is 9.91. The van der Waals surface area contributed by atoms with Gasteiger partial charge in [0.1, 0.15) is 6.04 Å². The number of benzene rings is 3. The van der Waals surface area contributed by atoms with Crippen LogP contribution in [0.5, 0.6) is 0 Å². The summed E-state index contributed by atoms with van der Waals surface area (Å²) >= 11 is 6.09. The molecule has 2 amide bonds. The first-order valence-electron chi connectivity index (χ1n) is 13.5. The van der Waals surface area contributed by atoms with Gasteiger partial charge in [-0.05, 0) is 55.2 Å². The highest BCUT2D eigenvalue weighted by atomic mass is 35.5. The van der Waals surface area contributed by atoms with Gasteiger partial charge in [0.15, 0.2) is 0 Å². The smallest absolute Gasteiger partial charge is 0.243 e. The molecule has 7 nitrogen and oxygen atoms in total. The molecule has 3 rings (SSSR count). The highest BCUT2D eigenvalue weighted by Crippen LogP contribution is 2.19. The number of hydrogen-bond acceptors (Lipinski definition) is 4. The van der Waals surface area contributed by atoms with Crippen LogP contribution < -0.4 is 5.32 Å². The fourth-order valence-corrected chi connectivity index (χ4v) is 5.63. The Morgan fingerprint density at radius 1 is 0.900 bits per heavy atom. The van der Waals surface area contributed by atoms with Crippen molar-refractivity contribution >= 4 is 33.4 Å². The second kappa shape index (κ2) is 15.0. The number of hydrogen-bond donors (Lipinski definition) is 1. The van der Waals surface area contributed by atoms with Gasteiger partial charge in [0, 0.05) is 44.0 Å². The van der Waals surface area contributed by atoms with Gasteiger partial charge in [-0.25, -0.2) is 12.7 Å². The summed E-state index contributed by atoms with van der Waals surface area (Å²) in [7, 11) is -2.15. The molecule has 0 bridgehead atoms. The highest BCUT2D eigenvalue weighted by Gasteiger charge is 2.31. The molecule has 0 aromatic heterocycles. The van der Waals surface area contributed by atoms with Crippen molar-refractivity contribution in [3.05, 3.63) is 101 Å². The predicted octanol–water partition coefficient (Wildman–Crippen LogP) is 5.30. The quantitative estimate of drug-likeness (QED) is 0.279. The number of halogens is 1. The minimum Gasteiger partial charge on any atom is -0.352 e. The summed E-state index contributed by atoms with van der Waals surface area (Å²) in [4.78, 5) is 29.1. The molecule has 40 heavy (non-hydrogen) atoms. The summed E-state index contributed by atoms with van der Waals surface area (Å²) in [5.74, 6) is -0.440. The van der Waals surface area contributed by atoms with E-state index in [-0.39, 0.29) is 42.3 Å². The molecule has 3 aromatic rings. The van der Waals surface area contributed by atoms with Crippen molar-refractivity contribution in [3.63, 3.8) is 0 Å². The Morgan fingerprint density at radius 2 is 1.50 bits per heavy atom. The van der Waals surface area contributed by atoms with E-state index in [0.717, 1.165) is 17.5 Å². The molecule has 2 atom stereocenters. The van der Waals surface area contributed by atoms with Crippen LogP contribution in [0.3, 0.4) is 0 Å². The Kier molecular flexibility index (Phi) is 11.7. The monoisotopic (exact) mass is 583 g/mol. The van der Waals surface area contributed by atoms with Gasteiger partial charge in [-0.15, -0.1) is 0 Å². The fraction of sp³-hybridized carbons (Fsp3) is 0.355. The zero-order valence-electron chi connectivity index (χ0n) is 23.3. The van der Waals surface area contributed by atoms with Crippen molar-refractivity contribution in [3.8, 4) is 0 Å². The Balaban J connectivity index is 1.83. The molecule has 1 N–H and O–H groups in total. The van der Waals surface area contributed by atoms with Crippen LogP contribution >= 0.6 is 11.6 Å². The molecule has 0 aliphatic rings. The molecular weight excluding hydrogens is 546 g/mol. The van der Waals surface area contributed by atoms with Gasteiger partial charge in [-0.1, -0.05) is 79.2 Å². The number of carbonyl (C=O) groups excluding carboxylic acids is 2. The maximum absolute atomic E-state index is 13.8. The molecule has 0 unspecified atom stereocenters. The van der Waals surface area contributed by atoms with E-state index in [4.69, 9.17) is 11.6 Å². The van der Waals surface area contributed by atoms with Gasteiger partial charge in [-0.3, -0.25) is 9.59 Å². The number of nitrogens with zero attached hydrogens (tertiary/aromatic N) is 2. The normalized spacial score (nSPS) is 13.0. The van der Waals surface area contributed by atoms with E-state index >= 15 is 0 Å². The van der Waals surface area contributed by atoms with Crippen LogP contribution in [0, 0.1) is 0 Å². The number of carbonyl (C=O) groups is 2. The van der Waals surface area contributed by atoms with Crippen molar-refractivity contribution in [1.29, 1.82) is 0 Å². The summed E-state index contributed by atoms with van der Waals surface area (Å²) in [6.45, 7) is 4.32. The van der Waals surface area contributed by atoms with Crippen molar-refractivity contribution in [1.82, 2.24) is 14.5 Å². The van der Waals surface area contributed by atoms with Crippen molar-refractivity contribution in [2.75, 3.05) is 13.6 Å². The van der Waals surface area contributed by atoms with E-state index in [2.05, 4.69) is 5.32 Å². The minimum atomic E-state index is -3.66. The zero-order valence-corrected chi connectivity index (χ0v) is 24.9. The number of sulfonamides is 1. The van der Waals surface area contributed by atoms with E-state index in [1.54, 1.807) is 47.4 Å². The molecule has 0 heterocycles. The van der Waals surface area contributed by atoms with Gasteiger partial charge in [0.2, 0.25) is 21.8 Å². The third-order valence-electron chi connectivity index (χ3n) is 6.85. The fourth-order valence-electron chi connectivity index (χ4n) is 4.27. The maximum atomic E-state index is 13.8. The molecule has 0 spiro atoms. The second-order valence-corrected chi connectivity index (χ2v) is 12.4. The lowest BCUT2D eigenvalue weighted by Gasteiger charge is -2.32. The molecule has 0 saturated carbocycles. The van der Waals surface area contributed by atoms with Crippen LogP contribution in [0.2, 0.25) is 5.02 Å². The van der Waals surface area contributed by atoms with E-state index in [9.17, 15) is 18.0 Å². The molecule has 214 valence electrons. The molecule has 9 heteroatoms. The minimum absolute atomic E-state index is 0.0462. The lowest BCUT2D eigenvalue weighted by atomic mass is 10.0. The number of rotatable bonds is 14. The largest absolute Gasteiger partial charge is 0.352 e. The lowest BCUT2D eigenvalue weighted by Crippen LogP contribution is -2.52. The third kappa shape index (κ3) is 8.91. The van der Waals surface area contributed by atoms with Crippen LogP contribution in [-0.4, -0.2) is 55.1 Å². The molecule has 0 aliphatic heterocycles. The van der Waals surface area contributed by atoms with Crippen molar-refractivity contribution < 1.29 is 18.0 Å². The van der Waals surface area contributed by atoms with Gasteiger partial charge >= 0.3 is 0 Å². The Hall–Kier alpha value is -3.20. The van der Waals surface area contributed by atoms with E-state index in [0.29, 0.717) is 17.9 Å². The molecule has 0 fully saturated rings. The van der Waals surface area contributed by atoms with Gasteiger partial charge in [0.25, 0.3) is 0 Å². The third-order valence-corrected chi connectivity index (χ3v) is 8.98. The van der Waals surface area contributed by atoms with Gasteiger partial charge in [0.05, 0.1) is 4.90 Å². The van der Waals surface area contributed by atoms with E-state index < -0.39 is 16.1 Å². The summed E-state index contributed by atoms with van der Waals surface area (Å²) in [5, 5.41) is 3.63. The molecule has 0 radical (unpaired) electrons. The Bertz CT molecular complexity index is 1340. The Labute approximate surface area is 243 Å². The van der Waals surface area contributed by atoms with Gasteiger partial charge in [-0.2, -0.15) is 0 Å². The molecular formula is C31H38ClN3O4S. The van der Waals surface area contributed by atoms with Crippen LogP contribution in [0.25, 0.3) is 0 Å². The standard InChI is InChI=1S/C31H38ClN3O4S/c1-4-24(2)33-31(37)29(22-25-12-7-5-8-13-25)35(23-26-17-19-27(32)20-18-26)30(36)16-11-21-34(3)40(38,39)28-14-9-6-10-15-28/h5-10,12-15,17-20,24,29H,4,11,16,21-23H2,1-3H3,(H,33,37)/t24-,29-/m0/s1. The van der Waals surface area contributed by atoms with Crippen LogP contribution in [0.1, 0.15) is 44.2 Å². The molecule has 0 aliphatic carbocycles. The van der Waals surface area contributed by atoms with Crippen LogP contribution in [0.4, 0.5) is 0 Å². The first kappa shape index (κ1) is 31.3. The first-order chi connectivity index (χ1) is 19.1. The lowest BCUT2D eigenvalue weighted by molar-refractivity contribution is -0.141. The summed E-state index contributed by atoms with van der Waals surface area (Å²) in [6.07, 6.45) is 1.51. The molecule has 3 aromatic carbocycles. The van der Waals surface area contributed by atoms with Crippen molar-refractivity contribution in [2.24, 2.45) is 0 Å². The van der Waals surface area contributed by atoms with E-state index in [1.165, 1.54) is 11.4 Å². The average Bonchev–Trinajstić information content (AvgIpc) is 2.96. The highest BCUT2D eigenvalue weighted by molar-refractivity contribution is 7.89. The predicted molar refractivity (Wildman–Crippen MR) is 159 cm³/mol. The van der Waals surface area contributed by atoms with Gasteiger partial charge < -0.3 is 10.2 Å². The summed E-state index contributed by atoms with van der Waals surface area (Å²) < 4.78 is 27.1. The number of nitrogens with one attached hydrogen (secondary N) is 1. The van der Waals surface area contributed by atoms with Crippen molar-refractivity contribution in [2.45, 2.75) is 63.1 Å². The average molecular weight is 584 g/mol. The topological polar surface area (TPSA) is 86.8 Å². The summed E-state index contributed by atoms with van der Waals surface area (Å²) in [6, 6.07) is 24.2. The first-order valence-corrected chi connectivity index (χ1v) is 15.3. The number of amides is 2. The zero-order chi connectivity index (χ0) is 29.1. The van der Waals surface area contributed by atoms with Crippen LogP contribution in [-0.2, 0) is 32.6 Å². The van der Waals surface area contributed by atoms with Crippen LogP contribution in [0.15, 0.2) is 89.8 Å². The Morgan fingerprint density at radius 3 is 2.10 bits per heavy atom.